The highest BCUT2D eigenvalue weighted by Crippen LogP contribution is 2.42. The molecule has 1 aliphatic carbocycles. The normalized spacial score (nSPS) is 23.0. The number of aliphatic carboxylic acids is 1. The van der Waals surface area contributed by atoms with Gasteiger partial charge in [-0.2, -0.15) is 18.3 Å². The molecule has 0 bridgehead atoms. The molecule has 2 fully saturated rings. The second-order valence-electron chi connectivity index (χ2n) is 10.4. The average molecular weight is 523 g/mol. The number of aryl methyl sites for hydroxylation is 1. The van der Waals surface area contributed by atoms with E-state index in [9.17, 15) is 22.8 Å². The molecule has 2 aromatic heterocycles. The van der Waals surface area contributed by atoms with Gasteiger partial charge in [-0.3, -0.25) is 18.8 Å². The van der Waals surface area contributed by atoms with Crippen LogP contribution in [0.4, 0.5) is 13.2 Å². The number of alkyl halides is 3. The number of carboxylic acids is 1. The first-order chi connectivity index (χ1) is 17.5. The van der Waals surface area contributed by atoms with Crippen LogP contribution in [0.15, 0.2) is 17.1 Å². The van der Waals surface area contributed by atoms with E-state index in [0.29, 0.717) is 30.8 Å². The van der Waals surface area contributed by atoms with Crippen LogP contribution >= 0.6 is 0 Å². The number of nitrogens with zero attached hydrogens (tertiary/aromatic N) is 6. The number of amides is 1. The summed E-state index contributed by atoms with van der Waals surface area (Å²) in [5.74, 6) is -0.930. The van der Waals surface area contributed by atoms with Gasteiger partial charge in [-0.05, 0) is 44.2 Å². The number of carbonyl (C=O) groups excluding carboxylic acids is 1. The Balaban J connectivity index is 0.000000355. The summed E-state index contributed by atoms with van der Waals surface area (Å²) in [6.07, 6.45) is 2.05. The van der Waals surface area contributed by atoms with Crippen molar-refractivity contribution in [1.82, 2.24) is 29.1 Å². The van der Waals surface area contributed by atoms with Crippen LogP contribution in [0.25, 0.3) is 0 Å². The van der Waals surface area contributed by atoms with Crippen LogP contribution in [0.1, 0.15) is 53.3 Å². The predicted octanol–water partition coefficient (Wildman–Crippen LogP) is 1.57. The Morgan fingerprint density at radius 2 is 1.89 bits per heavy atom. The van der Waals surface area contributed by atoms with E-state index in [2.05, 4.69) is 10.00 Å². The Hall–Kier alpha value is -3.22. The lowest BCUT2D eigenvalue weighted by Gasteiger charge is -2.30. The number of likely N-dealkylation sites (tertiary alicyclic amines) is 1. The Bertz CT molecular complexity index is 1280. The van der Waals surface area contributed by atoms with Crippen molar-refractivity contribution in [2.24, 2.45) is 13.0 Å². The van der Waals surface area contributed by atoms with Crippen molar-refractivity contribution in [2.45, 2.75) is 56.8 Å². The number of halogens is 3. The molecule has 1 saturated heterocycles. The van der Waals surface area contributed by atoms with E-state index in [4.69, 9.17) is 14.9 Å². The van der Waals surface area contributed by atoms with Crippen LogP contribution in [-0.2, 0) is 36.8 Å². The molecule has 3 aliphatic heterocycles. The molecule has 0 aromatic carbocycles. The van der Waals surface area contributed by atoms with Crippen molar-refractivity contribution < 1.29 is 27.9 Å². The maximum atomic E-state index is 13.4. The molecule has 1 spiro atoms. The Kier molecular flexibility index (Phi) is 6.37. The van der Waals surface area contributed by atoms with Crippen molar-refractivity contribution in [2.75, 3.05) is 26.2 Å². The Morgan fingerprint density at radius 1 is 1.19 bits per heavy atom. The minimum absolute atomic E-state index is 0.0464. The topological polar surface area (TPSA) is 114 Å². The van der Waals surface area contributed by atoms with Gasteiger partial charge in [-0.15, -0.1) is 0 Å². The van der Waals surface area contributed by atoms with Crippen molar-refractivity contribution in [1.29, 1.82) is 0 Å². The van der Waals surface area contributed by atoms with Gasteiger partial charge >= 0.3 is 12.1 Å². The molecule has 2 aromatic rings. The molecule has 1 saturated carbocycles. The minimum atomic E-state index is -5.08. The first-order valence-corrected chi connectivity index (χ1v) is 12.4. The van der Waals surface area contributed by atoms with Crippen LogP contribution in [0.5, 0.6) is 0 Å². The van der Waals surface area contributed by atoms with Crippen molar-refractivity contribution >= 4 is 11.9 Å². The number of hydrogen-bond donors (Lipinski definition) is 1. The summed E-state index contributed by atoms with van der Waals surface area (Å²) < 4.78 is 35.2. The highest BCUT2D eigenvalue weighted by atomic mass is 19.4. The molecule has 1 atom stereocenters. The molecule has 5 heterocycles. The number of hydrogen-bond acceptors (Lipinski definition) is 6. The van der Waals surface area contributed by atoms with E-state index in [1.807, 2.05) is 4.57 Å². The van der Waals surface area contributed by atoms with Crippen LogP contribution < -0.4 is 5.56 Å². The molecule has 13 heteroatoms. The quantitative estimate of drug-likeness (QED) is 0.651. The van der Waals surface area contributed by atoms with Crippen molar-refractivity contribution in [3.05, 3.63) is 45.4 Å². The Morgan fingerprint density at radius 3 is 2.51 bits per heavy atom. The fraction of sp³-hybridized carbons (Fsp3) is 0.625. The van der Waals surface area contributed by atoms with E-state index in [1.54, 1.807) is 28.9 Å². The third kappa shape index (κ3) is 4.88. The first-order valence-electron chi connectivity index (χ1n) is 12.4. The minimum Gasteiger partial charge on any atom is -0.475 e. The average Bonchev–Trinajstić information content (AvgIpc) is 3.24. The Labute approximate surface area is 210 Å². The van der Waals surface area contributed by atoms with Gasteiger partial charge in [0.15, 0.2) is 0 Å². The number of rotatable bonds is 3. The molecule has 0 radical (unpaired) electrons. The molecule has 10 nitrogen and oxygen atoms in total. The van der Waals surface area contributed by atoms with Crippen LogP contribution in [0.2, 0.25) is 0 Å². The fourth-order valence-corrected chi connectivity index (χ4v) is 5.65. The molecule has 6 rings (SSSR count). The molecular formula is C24H29F3N6O4. The summed E-state index contributed by atoms with van der Waals surface area (Å²) in [4.78, 5) is 44.6. The van der Waals surface area contributed by atoms with E-state index < -0.39 is 12.1 Å². The summed E-state index contributed by atoms with van der Waals surface area (Å²) in [5.41, 5.74) is 2.26. The molecule has 37 heavy (non-hydrogen) atoms. The van der Waals surface area contributed by atoms with Gasteiger partial charge in [-0.25, -0.2) is 9.78 Å². The van der Waals surface area contributed by atoms with Crippen LogP contribution in [0, 0.1) is 5.92 Å². The zero-order valence-electron chi connectivity index (χ0n) is 20.5. The lowest BCUT2D eigenvalue weighted by Crippen LogP contribution is -2.42. The van der Waals surface area contributed by atoms with E-state index >= 15 is 0 Å². The summed E-state index contributed by atoms with van der Waals surface area (Å²) in [6, 6.07) is 1.73. The van der Waals surface area contributed by atoms with Gasteiger partial charge in [0, 0.05) is 51.3 Å². The summed E-state index contributed by atoms with van der Waals surface area (Å²) in [5, 5.41) is 11.2. The molecule has 1 amide bonds. The van der Waals surface area contributed by atoms with Crippen LogP contribution in [0.3, 0.4) is 0 Å². The zero-order valence-corrected chi connectivity index (χ0v) is 20.5. The SMILES string of the molecule is Cn1nccc1C(=O)N1CCc2nc3n(c(=O)c2C1)CCC31CCN(CC2CC2)C1.O=C(O)C(F)(F)F. The molecular weight excluding hydrogens is 493 g/mol. The van der Waals surface area contributed by atoms with E-state index in [0.717, 1.165) is 49.9 Å². The third-order valence-electron chi connectivity index (χ3n) is 7.82. The zero-order chi connectivity index (χ0) is 26.5. The summed E-state index contributed by atoms with van der Waals surface area (Å²) >= 11 is 0. The molecule has 4 aliphatic rings. The lowest BCUT2D eigenvalue weighted by molar-refractivity contribution is -0.192. The number of aromatic nitrogens is 4. The highest BCUT2D eigenvalue weighted by Gasteiger charge is 2.48. The first kappa shape index (κ1) is 25.4. The van der Waals surface area contributed by atoms with E-state index in [1.165, 1.54) is 19.4 Å². The van der Waals surface area contributed by atoms with Gasteiger partial charge in [-0.1, -0.05) is 0 Å². The van der Waals surface area contributed by atoms with Crippen molar-refractivity contribution in [3.8, 4) is 0 Å². The van der Waals surface area contributed by atoms with Gasteiger partial charge in [0.1, 0.15) is 11.5 Å². The monoisotopic (exact) mass is 522 g/mol. The lowest BCUT2D eigenvalue weighted by atomic mass is 9.85. The van der Waals surface area contributed by atoms with Gasteiger partial charge in [0.25, 0.3) is 11.5 Å². The summed E-state index contributed by atoms with van der Waals surface area (Å²) in [6.45, 7) is 5.06. The largest absolute Gasteiger partial charge is 0.490 e. The number of carboxylic acid groups (broad SMARTS) is 1. The van der Waals surface area contributed by atoms with Crippen LogP contribution in [-0.4, -0.2) is 78.5 Å². The molecule has 1 N–H and O–H groups in total. The second kappa shape index (κ2) is 9.26. The maximum Gasteiger partial charge on any atom is 0.490 e. The fourth-order valence-electron chi connectivity index (χ4n) is 5.65. The molecule has 1 unspecified atom stereocenters. The summed E-state index contributed by atoms with van der Waals surface area (Å²) in [7, 11) is 1.77. The number of fused-ring (bicyclic) bond motifs is 3. The number of carbonyl (C=O) groups is 2. The van der Waals surface area contributed by atoms with Gasteiger partial charge < -0.3 is 14.9 Å². The smallest absolute Gasteiger partial charge is 0.475 e. The van der Waals surface area contributed by atoms with Gasteiger partial charge in [0.05, 0.1) is 17.8 Å². The predicted molar refractivity (Wildman–Crippen MR) is 124 cm³/mol. The van der Waals surface area contributed by atoms with E-state index in [-0.39, 0.29) is 16.9 Å². The van der Waals surface area contributed by atoms with Gasteiger partial charge in [0.2, 0.25) is 0 Å². The third-order valence-corrected chi connectivity index (χ3v) is 7.82. The standard InChI is InChI=1S/C22H28N6O2.C2HF3O2/c1-25-18(4-8-23-25)20(30)27-9-5-17-16(13-27)19(29)28-11-7-22(21(28)24-17)6-10-26(14-22)12-15-2-3-15;3-2(4,5)1(6)7/h4,8,15H,2-3,5-7,9-14H2,1H3;(H,6,7). The highest BCUT2D eigenvalue weighted by molar-refractivity contribution is 5.92. The van der Waals surface area contributed by atoms with Crippen molar-refractivity contribution in [3.63, 3.8) is 0 Å². The maximum absolute atomic E-state index is 13.4. The molecule has 200 valence electrons. The second-order valence-corrected chi connectivity index (χ2v) is 10.4.